The highest BCUT2D eigenvalue weighted by Crippen LogP contribution is 2.46. The van der Waals surface area contributed by atoms with Crippen LogP contribution in [0.4, 0.5) is 0 Å². The van der Waals surface area contributed by atoms with Crippen LogP contribution in [-0.2, 0) is 0 Å². The molecule has 0 N–H and O–H groups in total. The van der Waals surface area contributed by atoms with Gasteiger partial charge in [-0.2, -0.15) is 0 Å². The van der Waals surface area contributed by atoms with E-state index in [4.69, 9.17) is 0 Å². The van der Waals surface area contributed by atoms with E-state index in [9.17, 15) is 0 Å². The van der Waals surface area contributed by atoms with E-state index in [0.29, 0.717) is 5.41 Å². The zero-order chi connectivity index (χ0) is 14.3. The average Bonchev–Trinajstić information content (AvgIpc) is 2.42. The van der Waals surface area contributed by atoms with Crippen molar-refractivity contribution in [3.63, 3.8) is 0 Å². The third kappa shape index (κ3) is 5.48. The topological polar surface area (TPSA) is 0 Å². The molecule has 19 heavy (non-hydrogen) atoms. The largest absolute Gasteiger partial charge is 0.0651 e. The van der Waals surface area contributed by atoms with Gasteiger partial charge in [-0.3, -0.25) is 0 Å². The molecule has 0 spiro atoms. The van der Waals surface area contributed by atoms with Crippen LogP contribution in [0.25, 0.3) is 0 Å². The maximum atomic E-state index is 2.59. The molecule has 0 nitrogen and oxygen atoms in total. The van der Waals surface area contributed by atoms with Gasteiger partial charge < -0.3 is 0 Å². The first-order valence-corrected chi connectivity index (χ1v) is 9.06. The second-order valence-electron chi connectivity index (χ2n) is 7.58. The normalized spacial score (nSPS) is 28.3. The molecule has 1 fully saturated rings. The molecule has 2 unspecified atom stereocenters. The molecule has 1 aliphatic rings. The van der Waals surface area contributed by atoms with Gasteiger partial charge in [0.2, 0.25) is 0 Å². The SMILES string of the molecule is CCC(CC)CC1CCCC(C)(CC(CC)CC)C1. The summed E-state index contributed by atoms with van der Waals surface area (Å²) >= 11 is 0. The van der Waals surface area contributed by atoms with E-state index in [1.54, 1.807) is 0 Å². The predicted octanol–water partition coefficient (Wildman–Crippen LogP) is 6.84. The van der Waals surface area contributed by atoms with Gasteiger partial charge in [0.05, 0.1) is 0 Å². The Morgan fingerprint density at radius 1 is 0.947 bits per heavy atom. The van der Waals surface area contributed by atoms with Crippen LogP contribution < -0.4 is 0 Å². The zero-order valence-corrected chi connectivity index (χ0v) is 14.3. The predicted molar refractivity (Wildman–Crippen MR) is 87.4 cm³/mol. The molecule has 0 aromatic rings. The maximum absolute atomic E-state index is 2.59. The van der Waals surface area contributed by atoms with Gasteiger partial charge in [-0.05, 0) is 48.9 Å². The first kappa shape index (κ1) is 17.1. The molecule has 0 aromatic carbocycles. The fraction of sp³-hybridized carbons (Fsp3) is 1.00. The average molecular weight is 267 g/mol. The molecule has 0 heteroatoms. The summed E-state index contributed by atoms with van der Waals surface area (Å²) in [6.07, 6.45) is 14.5. The highest BCUT2D eigenvalue weighted by molar-refractivity contribution is 4.85. The lowest BCUT2D eigenvalue weighted by Gasteiger charge is -2.41. The third-order valence-electron chi connectivity index (χ3n) is 5.93. The fourth-order valence-corrected chi connectivity index (χ4v) is 4.47. The minimum absolute atomic E-state index is 0.658. The Hall–Kier alpha value is 0. The first-order chi connectivity index (χ1) is 9.06. The van der Waals surface area contributed by atoms with Crippen LogP contribution in [0.3, 0.4) is 0 Å². The van der Waals surface area contributed by atoms with Crippen molar-refractivity contribution in [1.82, 2.24) is 0 Å². The highest BCUT2D eigenvalue weighted by atomic mass is 14.4. The number of hydrogen-bond acceptors (Lipinski definition) is 0. The van der Waals surface area contributed by atoms with Crippen LogP contribution in [0.2, 0.25) is 0 Å². The van der Waals surface area contributed by atoms with Crippen molar-refractivity contribution < 1.29 is 0 Å². The minimum atomic E-state index is 0.658. The summed E-state index contributed by atoms with van der Waals surface area (Å²) in [4.78, 5) is 0. The van der Waals surface area contributed by atoms with E-state index in [1.165, 1.54) is 64.2 Å². The minimum Gasteiger partial charge on any atom is -0.0651 e. The molecule has 2 atom stereocenters. The van der Waals surface area contributed by atoms with Gasteiger partial charge in [0, 0.05) is 0 Å². The van der Waals surface area contributed by atoms with Gasteiger partial charge >= 0.3 is 0 Å². The maximum Gasteiger partial charge on any atom is -0.0321 e. The van der Waals surface area contributed by atoms with Crippen LogP contribution in [0.1, 0.15) is 98.8 Å². The molecule has 0 amide bonds. The van der Waals surface area contributed by atoms with Crippen LogP contribution >= 0.6 is 0 Å². The first-order valence-electron chi connectivity index (χ1n) is 9.06. The smallest absolute Gasteiger partial charge is 0.0321 e. The summed E-state index contributed by atoms with van der Waals surface area (Å²) in [6.45, 7) is 12.1. The summed E-state index contributed by atoms with van der Waals surface area (Å²) in [7, 11) is 0. The lowest BCUT2D eigenvalue weighted by molar-refractivity contribution is 0.105. The highest BCUT2D eigenvalue weighted by Gasteiger charge is 2.33. The lowest BCUT2D eigenvalue weighted by Crippen LogP contribution is -2.29. The van der Waals surface area contributed by atoms with E-state index in [-0.39, 0.29) is 0 Å². The van der Waals surface area contributed by atoms with Crippen molar-refractivity contribution in [3.05, 3.63) is 0 Å². The monoisotopic (exact) mass is 266 g/mol. The van der Waals surface area contributed by atoms with E-state index >= 15 is 0 Å². The number of hydrogen-bond donors (Lipinski definition) is 0. The van der Waals surface area contributed by atoms with Crippen molar-refractivity contribution in [2.24, 2.45) is 23.2 Å². The van der Waals surface area contributed by atoms with Crippen LogP contribution in [0.15, 0.2) is 0 Å². The Bertz CT molecular complexity index is 224. The van der Waals surface area contributed by atoms with E-state index in [1.807, 2.05) is 0 Å². The standard InChI is InChI=1S/C19H38/c1-6-16(7-2)13-18-11-10-12-19(5,15-18)14-17(8-3)9-4/h16-18H,6-15H2,1-5H3. The summed E-state index contributed by atoms with van der Waals surface area (Å²) in [5, 5.41) is 0. The Kier molecular flexibility index (Phi) is 7.47. The molecule has 1 saturated carbocycles. The lowest BCUT2D eigenvalue weighted by atomic mass is 9.64. The van der Waals surface area contributed by atoms with E-state index < -0.39 is 0 Å². The molecular weight excluding hydrogens is 228 g/mol. The van der Waals surface area contributed by atoms with Crippen molar-refractivity contribution in [2.75, 3.05) is 0 Å². The fourth-order valence-electron chi connectivity index (χ4n) is 4.47. The molecular formula is C19H38. The second-order valence-corrected chi connectivity index (χ2v) is 7.58. The quantitative estimate of drug-likeness (QED) is 0.451. The van der Waals surface area contributed by atoms with E-state index in [2.05, 4.69) is 34.6 Å². The van der Waals surface area contributed by atoms with Gasteiger partial charge in [-0.25, -0.2) is 0 Å². The molecule has 0 bridgehead atoms. The van der Waals surface area contributed by atoms with Crippen molar-refractivity contribution in [2.45, 2.75) is 98.8 Å². The van der Waals surface area contributed by atoms with Gasteiger partial charge in [-0.15, -0.1) is 0 Å². The molecule has 1 rings (SSSR count). The Morgan fingerprint density at radius 3 is 2.05 bits per heavy atom. The molecule has 114 valence electrons. The Balaban J connectivity index is 2.52. The summed E-state index contributed by atoms with van der Waals surface area (Å²) in [5.74, 6) is 2.98. The number of rotatable bonds is 8. The van der Waals surface area contributed by atoms with Crippen molar-refractivity contribution in [1.29, 1.82) is 0 Å². The van der Waals surface area contributed by atoms with Gasteiger partial charge in [0.25, 0.3) is 0 Å². The Morgan fingerprint density at radius 2 is 1.53 bits per heavy atom. The molecule has 0 saturated heterocycles. The molecule has 0 radical (unpaired) electrons. The van der Waals surface area contributed by atoms with E-state index in [0.717, 1.165) is 17.8 Å². The van der Waals surface area contributed by atoms with Crippen LogP contribution in [-0.4, -0.2) is 0 Å². The zero-order valence-electron chi connectivity index (χ0n) is 14.3. The van der Waals surface area contributed by atoms with Crippen molar-refractivity contribution >= 4 is 0 Å². The summed E-state index contributed by atoms with van der Waals surface area (Å²) < 4.78 is 0. The molecule has 1 aliphatic carbocycles. The Labute approximate surface area is 122 Å². The molecule has 0 heterocycles. The van der Waals surface area contributed by atoms with Gasteiger partial charge in [-0.1, -0.05) is 73.1 Å². The third-order valence-corrected chi connectivity index (χ3v) is 5.93. The summed E-state index contributed by atoms with van der Waals surface area (Å²) in [5.41, 5.74) is 0.658. The van der Waals surface area contributed by atoms with Gasteiger partial charge in [0.1, 0.15) is 0 Å². The summed E-state index contributed by atoms with van der Waals surface area (Å²) in [6, 6.07) is 0. The van der Waals surface area contributed by atoms with Crippen LogP contribution in [0, 0.1) is 23.2 Å². The van der Waals surface area contributed by atoms with Crippen LogP contribution in [0.5, 0.6) is 0 Å². The molecule has 0 aliphatic heterocycles. The molecule has 0 aromatic heterocycles. The van der Waals surface area contributed by atoms with Crippen molar-refractivity contribution in [3.8, 4) is 0 Å². The van der Waals surface area contributed by atoms with Gasteiger partial charge in [0.15, 0.2) is 0 Å². The second kappa shape index (κ2) is 8.32.